The number of imidazole rings is 2. The Balaban J connectivity index is 1.22. The number of hydrogen-bond donors (Lipinski definition) is 3. The highest BCUT2D eigenvalue weighted by Crippen LogP contribution is 2.33. The van der Waals surface area contributed by atoms with Gasteiger partial charge in [0.25, 0.3) is 5.91 Å². The number of nitrogens with zero attached hydrogens (tertiary/aromatic N) is 9. The Kier molecular flexibility index (Phi) is 14.6. The van der Waals surface area contributed by atoms with E-state index in [4.69, 9.17) is 30.9 Å². The Labute approximate surface area is 385 Å². The number of anilines is 1. The molecule has 1 aliphatic heterocycles. The number of benzene rings is 2. The number of thiazole rings is 1. The summed E-state index contributed by atoms with van der Waals surface area (Å²) in [6, 6.07) is 8.04. The molecule has 7 rings (SSSR count). The number of aryl methyl sites for hydroxylation is 4. The lowest BCUT2D eigenvalue weighted by atomic mass is 10.1. The molecule has 0 atom stereocenters. The number of allylic oxidation sites excluding steroid dienone is 2. The number of ether oxygens (including phenoxy) is 2. The number of rotatable bonds is 20. The van der Waals surface area contributed by atoms with Crippen molar-refractivity contribution in [2.75, 3.05) is 51.8 Å². The average Bonchev–Trinajstić information content (AvgIpc) is 4.07. The molecule has 1 saturated heterocycles. The van der Waals surface area contributed by atoms with E-state index >= 15 is 0 Å². The summed E-state index contributed by atoms with van der Waals surface area (Å²) in [4.78, 5) is 83.7. The van der Waals surface area contributed by atoms with Crippen molar-refractivity contribution in [3.8, 4) is 11.5 Å². The summed E-state index contributed by atoms with van der Waals surface area (Å²) in [5.74, 6) is -0.364. The van der Waals surface area contributed by atoms with Gasteiger partial charge in [-0.15, -0.1) is 11.3 Å². The minimum absolute atomic E-state index is 0.0700. The van der Waals surface area contributed by atoms with E-state index in [0.717, 1.165) is 30.3 Å². The fourth-order valence-corrected chi connectivity index (χ4v) is 9.13. The van der Waals surface area contributed by atoms with Crippen LogP contribution in [0.4, 0.5) is 5.95 Å². The van der Waals surface area contributed by atoms with E-state index in [1.165, 1.54) is 18.4 Å². The van der Waals surface area contributed by atoms with Crippen molar-refractivity contribution in [3.63, 3.8) is 0 Å². The second kappa shape index (κ2) is 20.5. The van der Waals surface area contributed by atoms with E-state index in [1.54, 1.807) is 39.6 Å². The second-order valence-corrected chi connectivity index (χ2v) is 17.2. The summed E-state index contributed by atoms with van der Waals surface area (Å²) in [6.07, 6.45) is 5.42. The molecule has 20 heteroatoms. The normalized spacial score (nSPS) is 13.3. The predicted molar refractivity (Wildman–Crippen MR) is 250 cm³/mol. The molecule has 19 nitrogen and oxygen atoms in total. The first-order valence-electron chi connectivity index (χ1n) is 22.1. The predicted octanol–water partition coefficient (Wildman–Crippen LogP) is 4.70. The van der Waals surface area contributed by atoms with Gasteiger partial charge < -0.3 is 35.0 Å². The van der Waals surface area contributed by atoms with E-state index in [2.05, 4.69) is 20.3 Å². The molecular weight excluding hydrogens is 865 g/mol. The van der Waals surface area contributed by atoms with Gasteiger partial charge in [-0.05, 0) is 63.9 Å². The summed E-state index contributed by atoms with van der Waals surface area (Å²) < 4.78 is 17.5. The lowest BCUT2D eigenvalue weighted by molar-refractivity contribution is -0.132. The molecule has 0 saturated carbocycles. The largest absolute Gasteiger partial charge is 0.494 e. The number of methoxy groups -OCH3 is 1. The number of piperazine rings is 1. The van der Waals surface area contributed by atoms with Crippen LogP contribution < -0.4 is 26.3 Å². The minimum atomic E-state index is -0.663. The number of hydrogen-bond acceptors (Lipinski definition) is 13. The van der Waals surface area contributed by atoms with Crippen LogP contribution in [0.15, 0.2) is 42.5 Å². The van der Waals surface area contributed by atoms with Gasteiger partial charge in [-0.3, -0.25) is 38.9 Å². The monoisotopic (exact) mass is 920 g/mol. The zero-order chi connectivity index (χ0) is 47.2. The van der Waals surface area contributed by atoms with Crippen LogP contribution in [0.1, 0.15) is 96.7 Å². The summed E-state index contributed by atoms with van der Waals surface area (Å²) in [5, 5.41) is 8.21. The molecule has 66 heavy (non-hydrogen) atoms. The first-order valence-corrected chi connectivity index (χ1v) is 22.9. The van der Waals surface area contributed by atoms with Crippen molar-refractivity contribution < 1.29 is 33.4 Å². The maximum atomic E-state index is 13.9. The van der Waals surface area contributed by atoms with Gasteiger partial charge in [-0.25, -0.2) is 15.0 Å². The number of ketones is 1. The number of nitrogens with one attached hydrogen (secondary N) is 1. The number of primary amides is 2. The Morgan fingerprint density at radius 2 is 1.48 bits per heavy atom. The zero-order valence-electron chi connectivity index (χ0n) is 38.2. The molecule has 5 N–H and O–H groups in total. The molecule has 4 aromatic heterocycles. The molecule has 4 amide bonds. The molecule has 2 aromatic carbocycles. The Morgan fingerprint density at radius 3 is 2.12 bits per heavy atom. The lowest BCUT2D eigenvalue weighted by Gasteiger charge is -2.34. The molecule has 0 radical (unpaired) electrons. The second-order valence-electron chi connectivity index (χ2n) is 16.0. The number of carbonyl (C=O) groups is 5. The van der Waals surface area contributed by atoms with Crippen molar-refractivity contribution in [2.45, 2.75) is 79.9 Å². The van der Waals surface area contributed by atoms with Crippen LogP contribution >= 0.6 is 11.3 Å². The third-order valence-electron chi connectivity index (χ3n) is 11.5. The highest BCUT2D eigenvalue weighted by Gasteiger charge is 2.25. The van der Waals surface area contributed by atoms with Gasteiger partial charge in [-0.1, -0.05) is 26.0 Å². The minimum Gasteiger partial charge on any atom is -0.494 e. The number of amides is 4. The van der Waals surface area contributed by atoms with Crippen LogP contribution in [-0.2, 0) is 37.3 Å². The summed E-state index contributed by atoms with van der Waals surface area (Å²) >= 11 is 1.29. The van der Waals surface area contributed by atoms with E-state index in [-0.39, 0.29) is 54.2 Å². The molecule has 0 unspecified atom stereocenters. The number of aromatic nitrogens is 7. The molecule has 5 heterocycles. The number of nitrogens with two attached hydrogens (primary N) is 2. The highest BCUT2D eigenvalue weighted by atomic mass is 32.1. The molecule has 6 aromatic rings. The SMILES string of the molecule is CCC(=O)N1CCN(CCCOc2cc(C(N)=O)cc3nc(NC(=O)c4sc(C)nc4CC)n(C/C=C/Cn4c(CC(=O)c5cc(C)nn5CC)nc5cc(C(N)=O)cc(OC)c54)c23)CC1. The van der Waals surface area contributed by atoms with Crippen molar-refractivity contribution >= 4 is 68.8 Å². The topological polar surface area (TPSA) is 241 Å². The van der Waals surface area contributed by atoms with E-state index < -0.39 is 11.8 Å². The van der Waals surface area contributed by atoms with Crippen molar-refractivity contribution in [2.24, 2.45) is 11.5 Å². The molecule has 1 fully saturated rings. The maximum absolute atomic E-state index is 13.9. The smallest absolute Gasteiger partial charge is 0.269 e. The Hall–Kier alpha value is -6.93. The molecule has 1 aliphatic rings. The van der Waals surface area contributed by atoms with E-state index in [0.29, 0.717) is 101 Å². The average molecular weight is 921 g/mol. The molecule has 0 aliphatic carbocycles. The summed E-state index contributed by atoms with van der Waals surface area (Å²) in [7, 11) is 1.48. The summed E-state index contributed by atoms with van der Waals surface area (Å²) in [5.41, 5.74) is 15.6. The van der Waals surface area contributed by atoms with E-state index in [1.807, 2.05) is 56.2 Å². The van der Waals surface area contributed by atoms with Crippen LogP contribution in [0, 0.1) is 13.8 Å². The third kappa shape index (κ3) is 10.1. The van der Waals surface area contributed by atoms with Gasteiger partial charge in [0.1, 0.15) is 38.9 Å². The van der Waals surface area contributed by atoms with Gasteiger partial charge in [-0.2, -0.15) is 5.10 Å². The molecule has 348 valence electrons. The van der Waals surface area contributed by atoms with Crippen LogP contribution in [0.3, 0.4) is 0 Å². The van der Waals surface area contributed by atoms with Gasteiger partial charge in [0.15, 0.2) is 5.78 Å². The van der Waals surface area contributed by atoms with Crippen LogP contribution in [0.2, 0.25) is 0 Å². The van der Waals surface area contributed by atoms with Gasteiger partial charge in [0, 0.05) is 69.9 Å². The van der Waals surface area contributed by atoms with Crippen molar-refractivity contribution in [1.82, 2.24) is 43.7 Å². The first kappa shape index (κ1) is 47.0. The van der Waals surface area contributed by atoms with Crippen LogP contribution in [0.5, 0.6) is 11.5 Å². The lowest BCUT2D eigenvalue weighted by Crippen LogP contribution is -2.48. The third-order valence-corrected chi connectivity index (χ3v) is 12.5. The maximum Gasteiger partial charge on any atom is 0.269 e. The highest BCUT2D eigenvalue weighted by molar-refractivity contribution is 7.13. The zero-order valence-corrected chi connectivity index (χ0v) is 39.0. The van der Waals surface area contributed by atoms with E-state index in [9.17, 15) is 24.0 Å². The Bertz CT molecular complexity index is 2850. The fourth-order valence-electron chi connectivity index (χ4n) is 8.23. The quantitative estimate of drug-likeness (QED) is 0.0537. The van der Waals surface area contributed by atoms with Crippen LogP contribution in [0.25, 0.3) is 22.1 Å². The van der Waals surface area contributed by atoms with Gasteiger partial charge >= 0.3 is 0 Å². The number of Topliss-reactive ketones (excluding diaryl/α,β-unsaturated/α-hetero) is 1. The van der Waals surface area contributed by atoms with Crippen molar-refractivity contribution in [1.29, 1.82) is 0 Å². The van der Waals surface area contributed by atoms with Gasteiger partial charge in [0.05, 0.1) is 47.6 Å². The first-order chi connectivity index (χ1) is 31.7. The molecular formula is C46H56N12O7S. The number of carbonyl (C=O) groups excluding carboxylic acids is 5. The van der Waals surface area contributed by atoms with Crippen LogP contribution in [-0.4, -0.2) is 120 Å². The Morgan fingerprint density at radius 1 is 0.833 bits per heavy atom. The van der Waals surface area contributed by atoms with Gasteiger partial charge in [0.2, 0.25) is 23.7 Å². The molecule has 0 bridgehead atoms. The van der Waals surface area contributed by atoms with Crippen molar-refractivity contribution in [3.05, 3.63) is 86.4 Å². The summed E-state index contributed by atoms with van der Waals surface area (Å²) in [6.45, 7) is 14.3. The standard InChI is InChI=1S/C46H56N12O7S/c1-7-31-42(66-28(5)49-31)45(63)52-46-51-33-23-30(44(48)62)25-37(65-20-12-13-54-16-18-55(19-17-54)39(60)8-2)41(33)57(46)15-11-10-14-56-38(26-35(59)34-21-27(4)53-58(34)9-3)50-32-22-29(43(47)61)24-36(64-6)40(32)56/h10-11,21-25H,7-9,12-20,26H2,1-6H3,(H2,47,61)(H2,48,62)(H,51,52,63)/b11-10+. The molecule has 0 spiro atoms. The fraction of sp³-hybridized carbons (Fsp3) is 0.413. The number of fused-ring (bicyclic) bond motifs is 2.